The van der Waals surface area contributed by atoms with Crippen LogP contribution in [0.5, 0.6) is 11.5 Å². The summed E-state index contributed by atoms with van der Waals surface area (Å²) >= 11 is 0. The van der Waals surface area contributed by atoms with Gasteiger partial charge in [0.1, 0.15) is 23.9 Å². The number of hydrogen-bond acceptors (Lipinski definition) is 6. The third-order valence-corrected chi connectivity index (χ3v) is 5.45. The molecule has 0 fully saturated rings. The van der Waals surface area contributed by atoms with Gasteiger partial charge in [-0.25, -0.2) is 4.68 Å². The van der Waals surface area contributed by atoms with Crippen LogP contribution in [0, 0.1) is 0 Å². The first kappa shape index (κ1) is 16.6. The van der Waals surface area contributed by atoms with Gasteiger partial charge in [0, 0.05) is 23.6 Å². The molecule has 0 spiro atoms. The molecule has 3 N–H and O–H groups in total. The number of aromatic nitrogens is 3. The van der Waals surface area contributed by atoms with E-state index in [-0.39, 0.29) is 23.2 Å². The Bertz CT molecular complexity index is 1100. The molecule has 1 aliphatic heterocycles. The van der Waals surface area contributed by atoms with Crippen molar-refractivity contribution >= 4 is 11.7 Å². The van der Waals surface area contributed by atoms with Crippen LogP contribution in [0.2, 0.25) is 0 Å². The number of ketones is 1. The molecule has 7 nitrogen and oxygen atoms in total. The first-order valence-corrected chi connectivity index (χ1v) is 9.11. The highest BCUT2D eigenvalue weighted by molar-refractivity contribution is 6.00. The van der Waals surface area contributed by atoms with Crippen LogP contribution in [0.4, 0.5) is 5.95 Å². The molecule has 0 saturated heterocycles. The molecule has 1 aromatic heterocycles. The van der Waals surface area contributed by atoms with E-state index < -0.39 is 6.04 Å². The Morgan fingerprint density at radius 1 is 1.04 bits per heavy atom. The minimum Gasteiger partial charge on any atom is -0.508 e. The average Bonchev–Trinajstić information content (AvgIpc) is 3.15. The number of nitrogens with zero attached hydrogens (tertiary/aromatic N) is 3. The molecule has 0 amide bonds. The minimum absolute atomic E-state index is 0.0150. The topological polar surface area (TPSA) is 100 Å². The van der Waals surface area contributed by atoms with Crippen LogP contribution >= 0.6 is 0 Å². The number of para-hydroxylation sites is 1. The van der Waals surface area contributed by atoms with Crippen molar-refractivity contribution in [3.8, 4) is 11.5 Å². The summed E-state index contributed by atoms with van der Waals surface area (Å²) in [6, 6.07) is 13.6. The number of nitrogens with one attached hydrogen (secondary N) is 1. The monoisotopic (exact) mass is 374 g/mol. The fraction of sp³-hybridized carbons (Fsp3) is 0.190. The standard InChI is InChI=1S/C21H18N4O3/c26-14-7-5-12(6-8-14)20-19-16(24-21-22-11-23-25(20)21)9-13(10-18(19)28)15-3-1-2-4-17(15)27/h1-8,11,13,20,26-27H,9-10H2,(H,22,23,24)/t13-,20-/m0/s1. The van der Waals surface area contributed by atoms with Crippen LogP contribution in [0.1, 0.15) is 35.9 Å². The van der Waals surface area contributed by atoms with Gasteiger partial charge in [-0.15, -0.1) is 0 Å². The van der Waals surface area contributed by atoms with Gasteiger partial charge < -0.3 is 15.5 Å². The molecule has 0 unspecified atom stereocenters. The van der Waals surface area contributed by atoms with Crippen molar-refractivity contribution < 1.29 is 15.0 Å². The van der Waals surface area contributed by atoms with Gasteiger partial charge in [0.2, 0.25) is 5.95 Å². The number of anilines is 1. The number of phenols is 2. The zero-order valence-electron chi connectivity index (χ0n) is 14.9. The maximum atomic E-state index is 13.2. The SMILES string of the molecule is O=C1C[C@@H](c2ccccc2O)CC2=C1[C@H](c1ccc(O)cc1)n1ncnc1N2. The maximum Gasteiger partial charge on any atom is 0.226 e. The quantitative estimate of drug-likeness (QED) is 0.637. The van der Waals surface area contributed by atoms with E-state index in [9.17, 15) is 15.0 Å². The van der Waals surface area contributed by atoms with E-state index in [0.29, 0.717) is 24.4 Å². The highest BCUT2D eigenvalue weighted by atomic mass is 16.3. The van der Waals surface area contributed by atoms with Crippen LogP contribution in [0.25, 0.3) is 0 Å². The molecule has 2 aromatic carbocycles. The third-order valence-electron chi connectivity index (χ3n) is 5.45. The largest absolute Gasteiger partial charge is 0.508 e. The van der Waals surface area contributed by atoms with E-state index in [1.807, 2.05) is 12.1 Å². The predicted molar refractivity (Wildman–Crippen MR) is 102 cm³/mol. The Kier molecular flexibility index (Phi) is 3.68. The Hall–Kier alpha value is -3.61. The molecule has 2 aliphatic rings. The number of hydrogen-bond donors (Lipinski definition) is 3. The van der Waals surface area contributed by atoms with Gasteiger partial charge in [-0.05, 0) is 35.7 Å². The second kappa shape index (κ2) is 6.23. The Morgan fingerprint density at radius 2 is 1.82 bits per heavy atom. The molecule has 2 heterocycles. The van der Waals surface area contributed by atoms with Crippen molar-refractivity contribution in [3.05, 3.63) is 77.3 Å². The van der Waals surface area contributed by atoms with Crippen molar-refractivity contribution in [1.29, 1.82) is 0 Å². The lowest BCUT2D eigenvalue weighted by Gasteiger charge is -2.35. The number of Topliss-reactive ketones (excluding diaryl/α,β-unsaturated/α-hetero) is 1. The van der Waals surface area contributed by atoms with Gasteiger partial charge in [0.25, 0.3) is 0 Å². The molecule has 7 heteroatoms. The molecule has 0 saturated carbocycles. The van der Waals surface area contributed by atoms with E-state index in [2.05, 4.69) is 15.4 Å². The van der Waals surface area contributed by atoms with Crippen LogP contribution in [0.15, 0.2) is 66.1 Å². The fourth-order valence-corrected chi connectivity index (χ4v) is 4.17. The normalized spacial score (nSPS) is 21.1. The molecular formula is C21H18N4O3. The Balaban J connectivity index is 1.61. The maximum absolute atomic E-state index is 13.2. The number of fused-ring (bicyclic) bond motifs is 1. The first-order valence-electron chi connectivity index (χ1n) is 9.11. The van der Waals surface area contributed by atoms with E-state index in [4.69, 9.17) is 0 Å². The van der Waals surface area contributed by atoms with Gasteiger partial charge in [-0.1, -0.05) is 30.3 Å². The van der Waals surface area contributed by atoms with Gasteiger partial charge >= 0.3 is 0 Å². The molecule has 2 atom stereocenters. The van der Waals surface area contributed by atoms with Gasteiger partial charge in [-0.2, -0.15) is 10.1 Å². The second-order valence-corrected chi connectivity index (χ2v) is 7.13. The van der Waals surface area contributed by atoms with E-state index in [1.54, 1.807) is 41.1 Å². The molecule has 3 aromatic rings. The van der Waals surface area contributed by atoms with Crippen LogP contribution in [-0.2, 0) is 4.79 Å². The smallest absolute Gasteiger partial charge is 0.226 e. The number of carbonyl (C=O) groups is 1. The number of carbonyl (C=O) groups excluding carboxylic acids is 1. The van der Waals surface area contributed by atoms with Crippen LogP contribution in [-0.4, -0.2) is 30.8 Å². The summed E-state index contributed by atoms with van der Waals surface area (Å²) in [5, 5.41) is 27.4. The number of rotatable bonds is 2. The lowest BCUT2D eigenvalue weighted by Crippen LogP contribution is -2.33. The highest BCUT2D eigenvalue weighted by Gasteiger charge is 2.39. The Morgan fingerprint density at radius 3 is 2.61 bits per heavy atom. The summed E-state index contributed by atoms with van der Waals surface area (Å²) in [6.07, 6.45) is 2.37. The lowest BCUT2D eigenvalue weighted by molar-refractivity contribution is -0.116. The van der Waals surface area contributed by atoms with E-state index in [1.165, 1.54) is 6.33 Å². The summed E-state index contributed by atoms with van der Waals surface area (Å²) in [6.45, 7) is 0. The van der Waals surface area contributed by atoms with Crippen molar-refractivity contribution in [3.63, 3.8) is 0 Å². The molecule has 1 aliphatic carbocycles. The van der Waals surface area contributed by atoms with E-state index >= 15 is 0 Å². The van der Waals surface area contributed by atoms with Gasteiger partial charge in [0.05, 0.1) is 0 Å². The zero-order valence-corrected chi connectivity index (χ0v) is 14.9. The molecule has 0 radical (unpaired) electrons. The fourth-order valence-electron chi connectivity index (χ4n) is 4.17. The van der Waals surface area contributed by atoms with Crippen molar-refractivity contribution in [2.24, 2.45) is 0 Å². The number of aromatic hydroxyl groups is 2. The lowest BCUT2D eigenvalue weighted by atomic mass is 9.77. The molecule has 5 rings (SSSR count). The molecular weight excluding hydrogens is 356 g/mol. The Labute approximate surface area is 161 Å². The average molecular weight is 374 g/mol. The van der Waals surface area contributed by atoms with Crippen LogP contribution < -0.4 is 5.32 Å². The third kappa shape index (κ3) is 2.55. The van der Waals surface area contributed by atoms with E-state index in [0.717, 1.165) is 16.8 Å². The number of allylic oxidation sites excluding steroid dienone is 2. The molecule has 28 heavy (non-hydrogen) atoms. The summed E-state index contributed by atoms with van der Waals surface area (Å²) in [4.78, 5) is 17.5. The molecule has 0 bridgehead atoms. The first-order chi connectivity index (χ1) is 13.6. The second-order valence-electron chi connectivity index (χ2n) is 7.13. The summed E-state index contributed by atoms with van der Waals surface area (Å²) in [7, 11) is 0. The summed E-state index contributed by atoms with van der Waals surface area (Å²) < 4.78 is 1.70. The van der Waals surface area contributed by atoms with Gasteiger partial charge in [-0.3, -0.25) is 4.79 Å². The number of phenolic OH excluding ortho intramolecular Hbond substituents is 2. The van der Waals surface area contributed by atoms with Crippen LogP contribution in [0.3, 0.4) is 0 Å². The molecule has 140 valence electrons. The zero-order chi connectivity index (χ0) is 19.3. The summed E-state index contributed by atoms with van der Waals surface area (Å²) in [5.41, 5.74) is 3.10. The number of benzene rings is 2. The van der Waals surface area contributed by atoms with Gasteiger partial charge in [0.15, 0.2) is 5.78 Å². The predicted octanol–water partition coefficient (Wildman–Crippen LogP) is 3.11. The summed E-state index contributed by atoms with van der Waals surface area (Å²) in [5.74, 6) is 0.859. The van der Waals surface area contributed by atoms with Crippen molar-refractivity contribution in [2.45, 2.75) is 24.8 Å². The highest BCUT2D eigenvalue weighted by Crippen LogP contribution is 2.45. The van der Waals surface area contributed by atoms with Crippen molar-refractivity contribution in [2.75, 3.05) is 5.32 Å². The van der Waals surface area contributed by atoms with Crippen molar-refractivity contribution in [1.82, 2.24) is 14.8 Å². The minimum atomic E-state index is -0.396.